The molecule has 20 heavy (non-hydrogen) atoms. The summed E-state index contributed by atoms with van der Waals surface area (Å²) in [6.07, 6.45) is 0. The summed E-state index contributed by atoms with van der Waals surface area (Å²) in [6.45, 7) is 0.227. The van der Waals surface area contributed by atoms with Crippen LogP contribution in [0.1, 0.15) is 5.56 Å². The van der Waals surface area contributed by atoms with E-state index < -0.39 is 4.92 Å². The Morgan fingerprint density at radius 1 is 1.15 bits per heavy atom. The van der Waals surface area contributed by atoms with Crippen LogP contribution >= 0.6 is 11.6 Å². The SMILES string of the molecule is COc1ccc(OCc2ccc(Cl)c([N+](=O)[O-])c2)cc1. The highest BCUT2D eigenvalue weighted by atomic mass is 35.5. The van der Waals surface area contributed by atoms with Crippen molar-refractivity contribution >= 4 is 17.3 Å². The Hall–Kier alpha value is -2.27. The van der Waals surface area contributed by atoms with E-state index >= 15 is 0 Å². The average molecular weight is 294 g/mol. The fourth-order valence-electron chi connectivity index (χ4n) is 1.63. The summed E-state index contributed by atoms with van der Waals surface area (Å²) in [4.78, 5) is 10.3. The summed E-state index contributed by atoms with van der Waals surface area (Å²) < 4.78 is 10.6. The van der Waals surface area contributed by atoms with E-state index in [0.29, 0.717) is 11.3 Å². The molecular formula is C14H12ClNO4. The lowest BCUT2D eigenvalue weighted by atomic mass is 10.2. The molecule has 0 saturated carbocycles. The van der Waals surface area contributed by atoms with Crippen molar-refractivity contribution in [1.29, 1.82) is 0 Å². The zero-order valence-corrected chi connectivity index (χ0v) is 11.5. The monoisotopic (exact) mass is 293 g/mol. The molecular weight excluding hydrogens is 282 g/mol. The Morgan fingerprint density at radius 3 is 2.40 bits per heavy atom. The van der Waals surface area contributed by atoms with Gasteiger partial charge in [0.2, 0.25) is 0 Å². The highest BCUT2D eigenvalue weighted by Crippen LogP contribution is 2.26. The first kappa shape index (κ1) is 14.1. The van der Waals surface area contributed by atoms with Gasteiger partial charge < -0.3 is 9.47 Å². The van der Waals surface area contributed by atoms with Crippen LogP contribution in [0.4, 0.5) is 5.69 Å². The van der Waals surface area contributed by atoms with Gasteiger partial charge in [-0.3, -0.25) is 10.1 Å². The van der Waals surface area contributed by atoms with E-state index in [-0.39, 0.29) is 17.3 Å². The van der Waals surface area contributed by atoms with Gasteiger partial charge in [-0.25, -0.2) is 0 Å². The molecule has 0 unspecified atom stereocenters. The zero-order chi connectivity index (χ0) is 14.5. The smallest absolute Gasteiger partial charge is 0.288 e. The molecule has 0 atom stereocenters. The second-order valence-corrected chi connectivity index (χ2v) is 4.41. The van der Waals surface area contributed by atoms with Gasteiger partial charge >= 0.3 is 0 Å². The lowest BCUT2D eigenvalue weighted by molar-refractivity contribution is -0.384. The number of ether oxygens (including phenoxy) is 2. The Morgan fingerprint density at radius 2 is 1.80 bits per heavy atom. The summed E-state index contributed by atoms with van der Waals surface area (Å²) in [7, 11) is 1.59. The van der Waals surface area contributed by atoms with E-state index in [1.807, 2.05) is 0 Å². The molecule has 0 radical (unpaired) electrons. The maximum absolute atomic E-state index is 10.8. The molecule has 6 heteroatoms. The summed E-state index contributed by atoms with van der Waals surface area (Å²) in [5.74, 6) is 1.39. The van der Waals surface area contributed by atoms with Gasteiger partial charge in [0.15, 0.2) is 0 Å². The molecule has 0 amide bonds. The van der Waals surface area contributed by atoms with E-state index in [1.54, 1.807) is 37.4 Å². The first-order chi connectivity index (χ1) is 9.60. The van der Waals surface area contributed by atoms with Crippen LogP contribution in [0, 0.1) is 10.1 Å². The molecule has 0 aliphatic rings. The molecule has 0 heterocycles. The summed E-state index contributed by atoms with van der Waals surface area (Å²) in [6, 6.07) is 11.7. The normalized spacial score (nSPS) is 10.1. The molecule has 0 aliphatic carbocycles. The van der Waals surface area contributed by atoms with Crippen molar-refractivity contribution in [3.05, 3.63) is 63.2 Å². The van der Waals surface area contributed by atoms with Crippen molar-refractivity contribution in [2.24, 2.45) is 0 Å². The molecule has 0 bridgehead atoms. The first-order valence-corrected chi connectivity index (χ1v) is 6.17. The third kappa shape index (κ3) is 3.39. The fourth-order valence-corrected chi connectivity index (χ4v) is 1.81. The standard InChI is InChI=1S/C14H12ClNO4/c1-19-11-3-5-12(6-4-11)20-9-10-2-7-13(15)14(8-10)16(17)18/h2-8H,9H2,1H3. The number of rotatable bonds is 5. The van der Waals surface area contributed by atoms with Crippen molar-refractivity contribution < 1.29 is 14.4 Å². The van der Waals surface area contributed by atoms with Crippen molar-refractivity contribution in [2.75, 3.05) is 7.11 Å². The maximum Gasteiger partial charge on any atom is 0.288 e. The van der Waals surface area contributed by atoms with E-state index in [2.05, 4.69) is 0 Å². The van der Waals surface area contributed by atoms with Gasteiger partial charge in [0, 0.05) is 6.07 Å². The second-order valence-electron chi connectivity index (χ2n) is 4.01. The molecule has 104 valence electrons. The van der Waals surface area contributed by atoms with Gasteiger partial charge in [-0.2, -0.15) is 0 Å². The molecule has 0 aromatic heterocycles. The summed E-state index contributed by atoms with van der Waals surface area (Å²) >= 11 is 5.75. The van der Waals surface area contributed by atoms with E-state index in [0.717, 1.165) is 5.75 Å². The van der Waals surface area contributed by atoms with Crippen LogP contribution in [0.2, 0.25) is 5.02 Å². The number of nitro benzene ring substituents is 1. The van der Waals surface area contributed by atoms with Gasteiger partial charge in [0.25, 0.3) is 5.69 Å². The number of hydrogen-bond donors (Lipinski definition) is 0. The minimum Gasteiger partial charge on any atom is -0.497 e. The molecule has 2 rings (SSSR count). The van der Waals surface area contributed by atoms with Crippen LogP contribution in [0.3, 0.4) is 0 Å². The third-order valence-electron chi connectivity index (χ3n) is 2.67. The van der Waals surface area contributed by atoms with Crippen molar-refractivity contribution in [2.45, 2.75) is 6.61 Å². The maximum atomic E-state index is 10.8. The van der Waals surface area contributed by atoms with Gasteiger partial charge in [0.05, 0.1) is 12.0 Å². The zero-order valence-electron chi connectivity index (χ0n) is 10.7. The van der Waals surface area contributed by atoms with E-state index in [1.165, 1.54) is 12.1 Å². The summed E-state index contributed by atoms with van der Waals surface area (Å²) in [5.41, 5.74) is 0.555. The molecule has 0 spiro atoms. The predicted octanol–water partition coefficient (Wildman–Crippen LogP) is 3.84. The Balaban J connectivity index is 2.06. The van der Waals surface area contributed by atoms with E-state index in [9.17, 15) is 10.1 Å². The number of benzene rings is 2. The predicted molar refractivity (Wildman–Crippen MR) is 75.4 cm³/mol. The average Bonchev–Trinajstić information content (AvgIpc) is 2.46. The van der Waals surface area contributed by atoms with Gasteiger partial charge in [-0.05, 0) is 35.9 Å². The number of nitrogens with zero attached hydrogens (tertiary/aromatic N) is 1. The van der Waals surface area contributed by atoms with Crippen molar-refractivity contribution in [3.8, 4) is 11.5 Å². The van der Waals surface area contributed by atoms with Crippen LogP contribution in [-0.4, -0.2) is 12.0 Å². The first-order valence-electron chi connectivity index (χ1n) is 5.80. The summed E-state index contributed by atoms with van der Waals surface area (Å²) in [5, 5.41) is 10.9. The topological polar surface area (TPSA) is 61.6 Å². The quantitative estimate of drug-likeness (QED) is 0.621. The van der Waals surface area contributed by atoms with Crippen LogP contribution in [0.15, 0.2) is 42.5 Å². The molecule has 0 N–H and O–H groups in total. The highest BCUT2D eigenvalue weighted by Gasteiger charge is 2.12. The van der Waals surface area contributed by atoms with Gasteiger partial charge in [-0.1, -0.05) is 17.7 Å². The van der Waals surface area contributed by atoms with Gasteiger partial charge in [0.1, 0.15) is 23.1 Å². The molecule has 2 aromatic rings. The largest absolute Gasteiger partial charge is 0.497 e. The molecule has 2 aromatic carbocycles. The second kappa shape index (κ2) is 6.25. The van der Waals surface area contributed by atoms with E-state index in [4.69, 9.17) is 21.1 Å². The Bertz CT molecular complexity index is 613. The number of hydrogen-bond acceptors (Lipinski definition) is 4. The van der Waals surface area contributed by atoms with Gasteiger partial charge in [-0.15, -0.1) is 0 Å². The highest BCUT2D eigenvalue weighted by molar-refractivity contribution is 6.32. The van der Waals surface area contributed by atoms with Crippen LogP contribution in [-0.2, 0) is 6.61 Å². The lowest BCUT2D eigenvalue weighted by Gasteiger charge is -2.07. The molecule has 0 aliphatic heterocycles. The van der Waals surface area contributed by atoms with Crippen LogP contribution < -0.4 is 9.47 Å². The van der Waals surface area contributed by atoms with Crippen LogP contribution in [0.25, 0.3) is 0 Å². The molecule has 5 nitrogen and oxygen atoms in total. The van der Waals surface area contributed by atoms with Crippen molar-refractivity contribution in [1.82, 2.24) is 0 Å². The third-order valence-corrected chi connectivity index (χ3v) is 2.99. The Labute approximate surface area is 120 Å². The number of methoxy groups -OCH3 is 1. The van der Waals surface area contributed by atoms with Crippen LogP contribution in [0.5, 0.6) is 11.5 Å². The fraction of sp³-hybridized carbons (Fsp3) is 0.143. The molecule has 0 saturated heterocycles. The lowest BCUT2D eigenvalue weighted by Crippen LogP contribution is -1.97. The number of halogens is 1. The Kier molecular flexibility index (Phi) is 4.42. The minimum atomic E-state index is -0.515. The molecule has 0 fully saturated rings. The minimum absolute atomic E-state index is 0.114. The number of nitro groups is 1. The van der Waals surface area contributed by atoms with Crippen molar-refractivity contribution in [3.63, 3.8) is 0 Å².